The smallest absolute Gasteiger partial charge is 0.282 e. The number of hydrogen-bond donors (Lipinski definition) is 0. The lowest BCUT2D eigenvalue weighted by atomic mass is 9.95. The summed E-state index contributed by atoms with van der Waals surface area (Å²) in [6.07, 6.45) is 1.62. The lowest BCUT2D eigenvalue weighted by Crippen LogP contribution is -2.29. The molecular formula is C27H23BrCl2IN3O3. The summed E-state index contributed by atoms with van der Waals surface area (Å²) in [5.41, 5.74) is 1.60. The van der Waals surface area contributed by atoms with Crippen LogP contribution in [0.15, 0.2) is 62.9 Å². The van der Waals surface area contributed by atoms with Crippen LogP contribution in [0, 0.1) is 3.57 Å². The van der Waals surface area contributed by atoms with Crippen molar-refractivity contribution >= 4 is 78.8 Å². The monoisotopic (exact) mass is 713 g/mol. The van der Waals surface area contributed by atoms with Crippen molar-refractivity contribution < 1.29 is 9.47 Å². The molecule has 0 aliphatic carbocycles. The van der Waals surface area contributed by atoms with E-state index in [0.29, 0.717) is 44.9 Å². The molecular weight excluding hydrogens is 692 g/mol. The maximum absolute atomic E-state index is 13.4. The van der Waals surface area contributed by atoms with Crippen LogP contribution in [0.25, 0.3) is 10.9 Å². The van der Waals surface area contributed by atoms with Gasteiger partial charge in [0.15, 0.2) is 11.5 Å². The third-order valence-electron chi connectivity index (χ3n) is 5.42. The first-order valence-electron chi connectivity index (χ1n) is 11.2. The van der Waals surface area contributed by atoms with E-state index in [4.69, 9.17) is 37.7 Å². The summed E-state index contributed by atoms with van der Waals surface area (Å²) in [5.74, 6) is 1.69. The summed E-state index contributed by atoms with van der Waals surface area (Å²) in [5, 5.41) is 6.00. The minimum absolute atomic E-state index is 0.240. The van der Waals surface area contributed by atoms with Gasteiger partial charge in [0.2, 0.25) is 0 Å². The number of benzene rings is 3. The number of hydrogen-bond acceptors (Lipinski definition) is 5. The second kappa shape index (κ2) is 11.3. The average molecular weight is 715 g/mol. The van der Waals surface area contributed by atoms with E-state index in [1.165, 1.54) is 4.68 Å². The second-order valence-corrected chi connectivity index (χ2v) is 12.2. The van der Waals surface area contributed by atoms with Crippen molar-refractivity contribution in [2.24, 2.45) is 5.10 Å². The van der Waals surface area contributed by atoms with Crippen LogP contribution in [-0.2, 0) is 12.0 Å². The molecule has 0 unspecified atom stereocenters. The first-order valence-corrected chi connectivity index (χ1v) is 13.8. The lowest BCUT2D eigenvalue weighted by molar-refractivity contribution is 0.282. The Balaban J connectivity index is 1.70. The number of rotatable bonds is 6. The van der Waals surface area contributed by atoms with E-state index in [1.54, 1.807) is 31.5 Å². The van der Waals surface area contributed by atoms with E-state index in [0.717, 1.165) is 19.2 Å². The van der Waals surface area contributed by atoms with Gasteiger partial charge in [0.25, 0.3) is 5.56 Å². The van der Waals surface area contributed by atoms with Crippen LogP contribution in [0.3, 0.4) is 0 Å². The molecule has 0 atom stereocenters. The molecule has 1 aromatic heterocycles. The van der Waals surface area contributed by atoms with Gasteiger partial charge >= 0.3 is 0 Å². The quantitative estimate of drug-likeness (QED) is 0.151. The Morgan fingerprint density at radius 3 is 2.54 bits per heavy atom. The Morgan fingerprint density at radius 1 is 1.11 bits per heavy atom. The SMILES string of the molecule is COc1cc(C=Nn2c(C(C)(C)C)nc3ccc(Br)cc3c2=O)cc(I)c1OCc1ccc(Cl)c(Cl)c1. The predicted octanol–water partition coefficient (Wildman–Crippen LogP) is 7.84. The molecule has 1 heterocycles. The Bertz CT molecular complexity index is 1580. The maximum atomic E-state index is 13.4. The second-order valence-electron chi connectivity index (χ2n) is 9.28. The molecule has 0 spiro atoms. The standard InChI is InChI=1S/C27H23BrCl2IN3O3/c1-27(2,3)26-33-22-8-6-17(28)12-18(22)25(35)34(26)32-13-16-10-21(31)24(23(11-16)36-4)37-14-15-5-7-19(29)20(30)9-15/h5-13H,14H2,1-4H3. The molecule has 0 aliphatic heterocycles. The molecule has 4 aromatic rings. The van der Waals surface area contributed by atoms with E-state index in [1.807, 2.05) is 51.1 Å². The van der Waals surface area contributed by atoms with E-state index in [9.17, 15) is 4.79 Å². The van der Waals surface area contributed by atoms with Gasteiger partial charge in [0.05, 0.1) is 37.8 Å². The van der Waals surface area contributed by atoms with Gasteiger partial charge in [-0.2, -0.15) is 9.78 Å². The van der Waals surface area contributed by atoms with Crippen molar-refractivity contribution in [3.63, 3.8) is 0 Å². The fourth-order valence-corrected chi connectivity index (χ4v) is 5.07. The summed E-state index contributed by atoms with van der Waals surface area (Å²) in [4.78, 5) is 18.2. The van der Waals surface area contributed by atoms with Crippen molar-refractivity contribution in [2.45, 2.75) is 32.8 Å². The van der Waals surface area contributed by atoms with Crippen LogP contribution in [0.2, 0.25) is 10.0 Å². The molecule has 0 N–H and O–H groups in total. The molecule has 192 valence electrons. The van der Waals surface area contributed by atoms with Crippen molar-refractivity contribution in [3.8, 4) is 11.5 Å². The van der Waals surface area contributed by atoms with Gasteiger partial charge in [-0.1, -0.05) is 66.0 Å². The molecule has 0 saturated heterocycles. The number of ether oxygens (including phenoxy) is 2. The fourth-order valence-electron chi connectivity index (χ4n) is 3.61. The molecule has 0 bridgehead atoms. The van der Waals surface area contributed by atoms with Crippen molar-refractivity contribution in [1.82, 2.24) is 9.66 Å². The van der Waals surface area contributed by atoms with E-state index >= 15 is 0 Å². The first kappa shape index (κ1) is 27.9. The highest BCUT2D eigenvalue weighted by Gasteiger charge is 2.23. The molecule has 0 radical (unpaired) electrons. The third kappa shape index (κ3) is 6.30. The number of fused-ring (bicyclic) bond motifs is 1. The summed E-state index contributed by atoms with van der Waals surface area (Å²) in [7, 11) is 1.58. The summed E-state index contributed by atoms with van der Waals surface area (Å²) >= 11 is 17.8. The molecule has 10 heteroatoms. The van der Waals surface area contributed by atoms with Gasteiger partial charge < -0.3 is 9.47 Å². The number of methoxy groups -OCH3 is 1. The highest BCUT2D eigenvalue weighted by atomic mass is 127. The summed E-state index contributed by atoms with van der Waals surface area (Å²) in [6, 6.07) is 14.5. The van der Waals surface area contributed by atoms with Crippen LogP contribution in [0.4, 0.5) is 0 Å². The van der Waals surface area contributed by atoms with E-state index < -0.39 is 5.41 Å². The normalized spacial score (nSPS) is 11.9. The summed E-state index contributed by atoms with van der Waals surface area (Å²) < 4.78 is 14.6. The van der Waals surface area contributed by atoms with Crippen LogP contribution < -0.4 is 15.0 Å². The number of aromatic nitrogens is 2. The van der Waals surface area contributed by atoms with Gasteiger partial charge in [-0.15, -0.1) is 0 Å². The molecule has 0 saturated carbocycles. The van der Waals surface area contributed by atoms with Gasteiger partial charge in [-0.3, -0.25) is 4.79 Å². The van der Waals surface area contributed by atoms with Crippen LogP contribution in [0.5, 0.6) is 11.5 Å². The topological polar surface area (TPSA) is 65.7 Å². The van der Waals surface area contributed by atoms with Gasteiger partial charge in [0.1, 0.15) is 12.4 Å². The van der Waals surface area contributed by atoms with Crippen LogP contribution >= 0.6 is 61.7 Å². The summed E-state index contributed by atoms with van der Waals surface area (Å²) in [6.45, 7) is 6.28. The van der Waals surface area contributed by atoms with Gasteiger partial charge in [-0.25, -0.2) is 4.98 Å². The minimum atomic E-state index is -0.411. The van der Waals surface area contributed by atoms with E-state index in [2.05, 4.69) is 43.6 Å². The number of halogens is 4. The molecule has 0 aliphatic rings. The Hall–Kier alpha value is -2.14. The molecule has 0 amide bonds. The highest BCUT2D eigenvalue weighted by molar-refractivity contribution is 14.1. The average Bonchev–Trinajstić information content (AvgIpc) is 2.84. The van der Waals surface area contributed by atoms with E-state index in [-0.39, 0.29) is 5.56 Å². The molecule has 37 heavy (non-hydrogen) atoms. The first-order chi connectivity index (χ1) is 17.5. The van der Waals surface area contributed by atoms with Crippen molar-refractivity contribution in [1.29, 1.82) is 0 Å². The predicted molar refractivity (Wildman–Crippen MR) is 162 cm³/mol. The maximum Gasteiger partial charge on any atom is 0.282 e. The Morgan fingerprint density at radius 2 is 1.86 bits per heavy atom. The molecule has 6 nitrogen and oxygen atoms in total. The Labute approximate surface area is 246 Å². The van der Waals surface area contributed by atoms with Gasteiger partial charge in [-0.05, 0) is 76.2 Å². The van der Waals surface area contributed by atoms with Crippen molar-refractivity contribution in [2.75, 3.05) is 7.11 Å². The largest absolute Gasteiger partial charge is 0.493 e. The van der Waals surface area contributed by atoms with Gasteiger partial charge in [0, 0.05) is 9.89 Å². The zero-order valence-corrected chi connectivity index (χ0v) is 25.7. The molecule has 3 aromatic carbocycles. The van der Waals surface area contributed by atoms with Crippen molar-refractivity contribution in [3.05, 3.63) is 93.9 Å². The zero-order chi connectivity index (χ0) is 26.9. The van der Waals surface area contributed by atoms with Crippen LogP contribution in [-0.4, -0.2) is 23.0 Å². The lowest BCUT2D eigenvalue weighted by Gasteiger charge is -2.21. The fraction of sp³-hybridized carbons (Fsp3) is 0.222. The highest BCUT2D eigenvalue weighted by Crippen LogP contribution is 2.35. The molecule has 4 rings (SSSR count). The van der Waals surface area contributed by atoms with Crippen LogP contribution in [0.1, 0.15) is 37.7 Å². The molecule has 0 fully saturated rings. The zero-order valence-electron chi connectivity index (χ0n) is 20.5. The Kier molecular flexibility index (Phi) is 8.52. The number of nitrogens with zero attached hydrogens (tertiary/aromatic N) is 3. The third-order valence-corrected chi connectivity index (χ3v) is 7.45. The minimum Gasteiger partial charge on any atom is -0.493 e.